The Morgan fingerprint density at radius 2 is 1.95 bits per heavy atom. The first kappa shape index (κ1) is 13.8. The zero-order valence-corrected chi connectivity index (χ0v) is 11.0. The number of amides is 2. The van der Waals surface area contributed by atoms with Crippen LogP contribution in [0.3, 0.4) is 0 Å². The number of anilines is 1. The maximum atomic E-state index is 11.6. The number of carbonyl (C=O) groups excluding carboxylic acids is 2. The van der Waals surface area contributed by atoms with Crippen molar-refractivity contribution >= 4 is 29.1 Å². The van der Waals surface area contributed by atoms with Crippen LogP contribution in [-0.4, -0.2) is 29.1 Å². The van der Waals surface area contributed by atoms with Crippen LogP contribution >= 0.6 is 11.6 Å². The summed E-state index contributed by atoms with van der Waals surface area (Å²) < 4.78 is 0. The van der Waals surface area contributed by atoms with E-state index in [1.807, 2.05) is 0 Å². The second-order valence-electron chi connectivity index (χ2n) is 4.69. The molecule has 102 valence electrons. The molecule has 1 aliphatic carbocycles. The lowest BCUT2D eigenvalue weighted by molar-refractivity contribution is -0.137. The summed E-state index contributed by atoms with van der Waals surface area (Å²) in [6.07, 6.45) is 2.25. The first-order valence-corrected chi connectivity index (χ1v) is 6.44. The molecule has 0 bridgehead atoms. The summed E-state index contributed by atoms with van der Waals surface area (Å²) in [6, 6.07) is 6.65. The molecule has 1 fully saturated rings. The van der Waals surface area contributed by atoms with Crippen LogP contribution in [0.25, 0.3) is 0 Å². The highest BCUT2D eigenvalue weighted by Crippen LogP contribution is 2.30. The van der Waals surface area contributed by atoms with E-state index in [4.69, 9.17) is 11.6 Å². The van der Waals surface area contributed by atoms with Gasteiger partial charge < -0.3 is 15.7 Å². The standard InChI is InChI=1S/C13H15ClN2O3/c14-9-4-1-2-5-10(9)16-12(18)11(17)15-8-13(19)6-3-7-13/h1-2,4-5,19H,3,6-8H2,(H,15,17)(H,16,18). The van der Waals surface area contributed by atoms with Crippen molar-refractivity contribution in [3.8, 4) is 0 Å². The summed E-state index contributed by atoms with van der Waals surface area (Å²) in [5.74, 6) is -1.57. The van der Waals surface area contributed by atoms with Gasteiger partial charge in [0.25, 0.3) is 0 Å². The lowest BCUT2D eigenvalue weighted by atomic mass is 9.80. The maximum Gasteiger partial charge on any atom is 0.313 e. The number of hydrogen-bond acceptors (Lipinski definition) is 3. The molecule has 1 saturated carbocycles. The van der Waals surface area contributed by atoms with Gasteiger partial charge in [0.2, 0.25) is 0 Å². The molecule has 19 heavy (non-hydrogen) atoms. The van der Waals surface area contributed by atoms with E-state index in [0.29, 0.717) is 23.6 Å². The number of carbonyl (C=O) groups is 2. The van der Waals surface area contributed by atoms with Crippen LogP contribution < -0.4 is 10.6 Å². The molecule has 0 unspecified atom stereocenters. The van der Waals surface area contributed by atoms with Crippen molar-refractivity contribution in [3.05, 3.63) is 29.3 Å². The highest BCUT2D eigenvalue weighted by atomic mass is 35.5. The molecule has 6 heteroatoms. The number of rotatable bonds is 3. The van der Waals surface area contributed by atoms with Gasteiger partial charge in [0.05, 0.1) is 16.3 Å². The van der Waals surface area contributed by atoms with E-state index in [1.54, 1.807) is 24.3 Å². The maximum absolute atomic E-state index is 11.6. The molecule has 0 aromatic heterocycles. The van der Waals surface area contributed by atoms with E-state index < -0.39 is 17.4 Å². The van der Waals surface area contributed by atoms with Gasteiger partial charge in [-0.25, -0.2) is 0 Å². The molecule has 2 amide bonds. The van der Waals surface area contributed by atoms with Crippen LogP contribution in [0.5, 0.6) is 0 Å². The molecule has 1 aromatic carbocycles. The van der Waals surface area contributed by atoms with Crippen LogP contribution in [0.1, 0.15) is 19.3 Å². The summed E-state index contributed by atoms with van der Waals surface area (Å²) in [7, 11) is 0. The molecule has 0 aliphatic heterocycles. The lowest BCUT2D eigenvalue weighted by Gasteiger charge is -2.36. The minimum atomic E-state index is -0.847. The number of hydrogen-bond donors (Lipinski definition) is 3. The predicted molar refractivity (Wildman–Crippen MR) is 71.9 cm³/mol. The average Bonchev–Trinajstić information content (AvgIpc) is 2.36. The second kappa shape index (κ2) is 5.59. The molecule has 0 spiro atoms. The van der Waals surface area contributed by atoms with Crippen molar-refractivity contribution in [2.24, 2.45) is 0 Å². The fourth-order valence-electron chi connectivity index (χ4n) is 1.83. The van der Waals surface area contributed by atoms with Crippen molar-refractivity contribution in [3.63, 3.8) is 0 Å². The fraction of sp³-hybridized carbons (Fsp3) is 0.385. The zero-order chi connectivity index (χ0) is 13.9. The smallest absolute Gasteiger partial charge is 0.313 e. The van der Waals surface area contributed by atoms with Crippen molar-refractivity contribution in [2.75, 3.05) is 11.9 Å². The molecule has 0 radical (unpaired) electrons. The number of nitrogens with one attached hydrogen (secondary N) is 2. The lowest BCUT2D eigenvalue weighted by Crippen LogP contribution is -2.49. The largest absolute Gasteiger partial charge is 0.388 e. The molecule has 1 aliphatic rings. The Morgan fingerprint density at radius 1 is 1.26 bits per heavy atom. The van der Waals surface area contributed by atoms with Crippen LogP contribution in [0.15, 0.2) is 24.3 Å². The summed E-state index contributed by atoms with van der Waals surface area (Å²) in [6.45, 7) is 0.0990. The zero-order valence-electron chi connectivity index (χ0n) is 10.3. The van der Waals surface area contributed by atoms with Gasteiger partial charge in [-0.2, -0.15) is 0 Å². The van der Waals surface area contributed by atoms with E-state index in [1.165, 1.54) is 0 Å². The number of halogens is 1. The first-order valence-electron chi connectivity index (χ1n) is 6.06. The molecule has 0 atom stereocenters. The van der Waals surface area contributed by atoms with Gasteiger partial charge in [-0.05, 0) is 31.4 Å². The van der Waals surface area contributed by atoms with Crippen molar-refractivity contribution < 1.29 is 14.7 Å². The number of benzene rings is 1. The van der Waals surface area contributed by atoms with Gasteiger partial charge in [0, 0.05) is 6.54 Å². The molecule has 5 nitrogen and oxygen atoms in total. The normalized spacial score (nSPS) is 16.3. The highest BCUT2D eigenvalue weighted by molar-refractivity contribution is 6.41. The van der Waals surface area contributed by atoms with Crippen LogP contribution in [0, 0.1) is 0 Å². The van der Waals surface area contributed by atoms with Crippen molar-refractivity contribution in [1.29, 1.82) is 0 Å². The summed E-state index contributed by atoms with van der Waals surface area (Å²) in [5.41, 5.74) is -0.466. The first-order chi connectivity index (χ1) is 9.00. The predicted octanol–water partition coefficient (Wildman–Crippen LogP) is 1.31. The summed E-state index contributed by atoms with van der Waals surface area (Å²) >= 11 is 5.87. The van der Waals surface area contributed by atoms with Crippen molar-refractivity contribution in [2.45, 2.75) is 24.9 Å². The molecular formula is C13H15ClN2O3. The van der Waals surface area contributed by atoms with E-state index >= 15 is 0 Å². The molecule has 0 saturated heterocycles. The monoisotopic (exact) mass is 282 g/mol. The van der Waals surface area contributed by atoms with E-state index in [9.17, 15) is 14.7 Å². The van der Waals surface area contributed by atoms with E-state index in [2.05, 4.69) is 10.6 Å². The number of para-hydroxylation sites is 1. The summed E-state index contributed by atoms with van der Waals surface area (Å²) in [4.78, 5) is 23.2. The third-order valence-electron chi connectivity index (χ3n) is 3.19. The number of aliphatic hydroxyl groups is 1. The third kappa shape index (κ3) is 3.45. The van der Waals surface area contributed by atoms with Gasteiger partial charge in [0.1, 0.15) is 0 Å². The molecule has 1 aromatic rings. The van der Waals surface area contributed by atoms with Crippen molar-refractivity contribution in [1.82, 2.24) is 5.32 Å². The van der Waals surface area contributed by atoms with Gasteiger partial charge in [-0.3, -0.25) is 9.59 Å². The van der Waals surface area contributed by atoms with Gasteiger partial charge in [-0.15, -0.1) is 0 Å². The second-order valence-corrected chi connectivity index (χ2v) is 5.10. The van der Waals surface area contributed by atoms with Gasteiger partial charge >= 0.3 is 11.8 Å². The Balaban J connectivity index is 1.86. The van der Waals surface area contributed by atoms with Crippen LogP contribution in [0.4, 0.5) is 5.69 Å². The van der Waals surface area contributed by atoms with Gasteiger partial charge in [-0.1, -0.05) is 23.7 Å². The molecule has 0 heterocycles. The molecule has 3 N–H and O–H groups in total. The Morgan fingerprint density at radius 3 is 2.53 bits per heavy atom. The Bertz CT molecular complexity index is 500. The minimum Gasteiger partial charge on any atom is -0.388 e. The topological polar surface area (TPSA) is 78.4 Å². The van der Waals surface area contributed by atoms with E-state index in [0.717, 1.165) is 6.42 Å². The van der Waals surface area contributed by atoms with Crippen LogP contribution in [0.2, 0.25) is 5.02 Å². The summed E-state index contributed by atoms with van der Waals surface area (Å²) in [5, 5.41) is 15.0. The average molecular weight is 283 g/mol. The minimum absolute atomic E-state index is 0.0990. The molecular weight excluding hydrogens is 268 g/mol. The SMILES string of the molecule is O=C(NCC1(O)CCC1)C(=O)Nc1ccccc1Cl. The van der Waals surface area contributed by atoms with Gasteiger partial charge in [0.15, 0.2) is 0 Å². The Hall–Kier alpha value is -1.59. The highest BCUT2D eigenvalue weighted by Gasteiger charge is 2.35. The third-order valence-corrected chi connectivity index (χ3v) is 3.52. The fourth-order valence-corrected chi connectivity index (χ4v) is 2.01. The van der Waals surface area contributed by atoms with Crippen LogP contribution in [-0.2, 0) is 9.59 Å². The molecule has 2 rings (SSSR count). The van der Waals surface area contributed by atoms with E-state index in [-0.39, 0.29) is 6.54 Å². The Labute approximate surface area is 116 Å². The Kier molecular flexibility index (Phi) is 4.07. The quantitative estimate of drug-likeness (QED) is 0.732.